The highest BCUT2D eigenvalue weighted by Crippen LogP contribution is 2.22. The molecular formula is C46H54BNO2. The Labute approximate surface area is 300 Å². The molecule has 0 amide bonds. The Hall–Kier alpha value is -4.67. The number of ketones is 1. The summed E-state index contributed by atoms with van der Waals surface area (Å²) < 4.78 is 6.75. The lowest BCUT2D eigenvalue weighted by molar-refractivity contribution is -0.921. The van der Waals surface area contributed by atoms with Crippen LogP contribution in [0.4, 0.5) is 0 Å². The van der Waals surface area contributed by atoms with Crippen LogP contribution in [-0.2, 0) is 0 Å². The average Bonchev–Trinajstić information content (AvgIpc) is 3.63. The Morgan fingerprint density at radius 3 is 1.24 bits per heavy atom. The number of nitrogens with zero attached hydrogens (tertiary/aromatic N) is 1. The van der Waals surface area contributed by atoms with Crippen molar-refractivity contribution in [3.8, 4) is 0 Å². The number of quaternary nitrogens is 1. The number of fused-ring (bicyclic) bond motifs is 1. The molecule has 6 aromatic rings. The minimum absolute atomic E-state index is 0.152. The van der Waals surface area contributed by atoms with Gasteiger partial charge in [-0.15, -0.1) is 0 Å². The van der Waals surface area contributed by atoms with Gasteiger partial charge in [0.2, 0.25) is 0 Å². The van der Waals surface area contributed by atoms with E-state index in [1.165, 1.54) is 60.4 Å². The first kappa shape index (κ1) is 36.6. The summed E-state index contributed by atoms with van der Waals surface area (Å²) in [6, 6.07) is 53.3. The molecule has 0 aliphatic rings. The zero-order valence-electron chi connectivity index (χ0n) is 30.3. The molecule has 4 heteroatoms. The number of benzene rings is 5. The highest BCUT2D eigenvalue weighted by atomic mass is 16.3. The van der Waals surface area contributed by atoms with Crippen LogP contribution in [0.15, 0.2) is 156 Å². The average molecular weight is 664 g/mol. The van der Waals surface area contributed by atoms with Crippen LogP contribution in [0, 0.1) is 0 Å². The predicted octanol–water partition coefficient (Wildman–Crippen LogP) is 8.90. The van der Waals surface area contributed by atoms with E-state index in [9.17, 15) is 4.79 Å². The number of hydrogen-bond acceptors (Lipinski definition) is 2. The molecule has 1 heterocycles. The summed E-state index contributed by atoms with van der Waals surface area (Å²) in [6.45, 7) is 10.6. The molecule has 0 aliphatic carbocycles. The minimum atomic E-state index is -1.22. The smallest absolute Gasteiger partial charge is 0.251 e. The topological polar surface area (TPSA) is 30.2 Å². The standard InChI is InChI=1S/C24H20B.C22H34NO2/c1-5-13-21(14-6-1)25(22-15-7-2-8-16-22,23-17-9-3-10-18-23)24-19-11-4-12-20-24;1-4-7-14-23(15-8-5-2,16-9-6-3)18-20(24)22-17-19-12-10-11-13-21(19)25-22/h1-20H;10-13,17H,4-9,14-16,18H2,1-3H3/q-1;+1. The van der Waals surface area contributed by atoms with Gasteiger partial charge in [-0.3, -0.25) is 4.79 Å². The van der Waals surface area contributed by atoms with Gasteiger partial charge in [0.15, 0.2) is 5.76 Å². The highest BCUT2D eigenvalue weighted by molar-refractivity contribution is 7.19. The summed E-state index contributed by atoms with van der Waals surface area (Å²) >= 11 is 0. The van der Waals surface area contributed by atoms with E-state index in [4.69, 9.17) is 4.42 Å². The van der Waals surface area contributed by atoms with Crippen LogP contribution >= 0.6 is 0 Å². The van der Waals surface area contributed by atoms with Crippen LogP contribution in [0.5, 0.6) is 0 Å². The predicted molar refractivity (Wildman–Crippen MR) is 215 cm³/mol. The van der Waals surface area contributed by atoms with Gasteiger partial charge in [0.05, 0.1) is 19.6 Å². The van der Waals surface area contributed by atoms with Gasteiger partial charge >= 0.3 is 0 Å². The number of hydrogen-bond donors (Lipinski definition) is 0. The van der Waals surface area contributed by atoms with Gasteiger partial charge in [0, 0.05) is 5.39 Å². The molecule has 0 bridgehead atoms. The van der Waals surface area contributed by atoms with Crippen molar-refractivity contribution in [2.75, 3.05) is 26.2 Å². The number of Topliss-reactive ketones (excluding diaryl/α,β-unsaturated/α-hetero) is 1. The number of carbonyl (C=O) groups is 1. The van der Waals surface area contributed by atoms with Gasteiger partial charge in [-0.25, -0.2) is 0 Å². The molecule has 0 spiro atoms. The quantitative estimate of drug-likeness (QED) is 0.0589. The first-order valence-corrected chi connectivity index (χ1v) is 18.8. The van der Waals surface area contributed by atoms with E-state index in [1.807, 2.05) is 30.3 Å². The molecule has 0 saturated carbocycles. The van der Waals surface area contributed by atoms with Crippen molar-refractivity contribution in [1.82, 2.24) is 0 Å². The lowest BCUT2D eigenvalue weighted by Gasteiger charge is -2.44. The first-order chi connectivity index (χ1) is 24.6. The summed E-state index contributed by atoms with van der Waals surface area (Å²) in [5.41, 5.74) is 6.16. The SMILES string of the molecule is CCCC[N+](CCCC)(CCCC)CC(=O)c1cc2ccccc2o1.c1ccc([B-](c2ccccc2)(c2ccccc2)c2ccccc2)cc1. The molecule has 0 N–H and O–H groups in total. The number of unbranched alkanes of at least 4 members (excludes halogenated alkanes) is 3. The molecule has 6 rings (SSSR count). The van der Waals surface area contributed by atoms with Crippen molar-refractivity contribution < 1.29 is 13.7 Å². The first-order valence-electron chi connectivity index (χ1n) is 18.8. The monoisotopic (exact) mass is 663 g/mol. The van der Waals surface area contributed by atoms with Crippen molar-refractivity contribution in [2.45, 2.75) is 59.3 Å². The number of furan rings is 1. The fourth-order valence-electron chi connectivity index (χ4n) is 7.68. The normalized spacial score (nSPS) is 11.6. The summed E-state index contributed by atoms with van der Waals surface area (Å²) in [4.78, 5) is 13.0. The molecule has 50 heavy (non-hydrogen) atoms. The number of carbonyl (C=O) groups excluding carboxylic acids is 1. The second-order valence-electron chi connectivity index (χ2n) is 13.8. The van der Waals surface area contributed by atoms with Gasteiger partial charge < -0.3 is 8.90 Å². The van der Waals surface area contributed by atoms with Crippen molar-refractivity contribution in [3.05, 3.63) is 157 Å². The maximum Gasteiger partial charge on any atom is 0.251 e. The lowest BCUT2D eigenvalue weighted by atomic mass is 9.13. The summed E-state index contributed by atoms with van der Waals surface area (Å²) in [6.07, 6.45) is 5.86. The van der Waals surface area contributed by atoms with E-state index in [-0.39, 0.29) is 5.78 Å². The molecule has 258 valence electrons. The summed E-state index contributed by atoms with van der Waals surface area (Å²) in [5, 5.41) is 1.01. The summed E-state index contributed by atoms with van der Waals surface area (Å²) in [7, 11) is 0. The fraction of sp³-hybridized carbons (Fsp3) is 0.283. The van der Waals surface area contributed by atoms with Crippen LogP contribution in [0.2, 0.25) is 0 Å². The van der Waals surface area contributed by atoms with E-state index in [2.05, 4.69) is 142 Å². The van der Waals surface area contributed by atoms with Gasteiger partial charge in [-0.2, -0.15) is 21.9 Å². The molecule has 0 fully saturated rings. The molecule has 5 aromatic carbocycles. The molecular weight excluding hydrogens is 609 g/mol. The van der Waals surface area contributed by atoms with Crippen molar-refractivity contribution in [2.24, 2.45) is 0 Å². The lowest BCUT2D eigenvalue weighted by Crippen LogP contribution is -2.74. The van der Waals surface area contributed by atoms with Gasteiger partial charge in [-0.1, -0.05) is 180 Å². The maximum absolute atomic E-state index is 13.0. The molecule has 0 aliphatic heterocycles. The van der Waals surface area contributed by atoms with Gasteiger partial charge in [0.1, 0.15) is 18.3 Å². The Bertz CT molecular complexity index is 1630. The van der Waals surface area contributed by atoms with Gasteiger partial charge in [-0.05, 0) is 31.4 Å². The Morgan fingerprint density at radius 2 is 0.880 bits per heavy atom. The number of para-hydroxylation sites is 1. The van der Waals surface area contributed by atoms with Crippen LogP contribution in [0.3, 0.4) is 0 Å². The zero-order chi connectivity index (χ0) is 35.1. The Balaban J connectivity index is 0.000000194. The highest BCUT2D eigenvalue weighted by Gasteiger charge is 2.32. The van der Waals surface area contributed by atoms with Crippen molar-refractivity contribution >= 4 is 44.7 Å². The third-order valence-corrected chi connectivity index (χ3v) is 10.3. The summed E-state index contributed by atoms with van der Waals surface area (Å²) in [5.74, 6) is 0.674. The van der Waals surface area contributed by atoms with E-state index < -0.39 is 6.15 Å². The third-order valence-electron chi connectivity index (χ3n) is 10.3. The van der Waals surface area contributed by atoms with E-state index >= 15 is 0 Å². The van der Waals surface area contributed by atoms with Gasteiger partial charge in [0.25, 0.3) is 5.78 Å². The molecule has 0 saturated heterocycles. The van der Waals surface area contributed by atoms with E-state index in [0.29, 0.717) is 12.3 Å². The van der Waals surface area contributed by atoms with Crippen molar-refractivity contribution in [3.63, 3.8) is 0 Å². The van der Waals surface area contributed by atoms with Crippen molar-refractivity contribution in [1.29, 1.82) is 0 Å². The fourth-order valence-corrected chi connectivity index (χ4v) is 7.68. The van der Waals surface area contributed by atoms with E-state index in [1.54, 1.807) is 0 Å². The van der Waals surface area contributed by atoms with Crippen LogP contribution in [0.1, 0.15) is 69.9 Å². The second-order valence-corrected chi connectivity index (χ2v) is 13.8. The van der Waals surface area contributed by atoms with E-state index in [0.717, 1.165) is 35.1 Å². The maximum atomic E-state index is 13.0. The largest absolute Gasteiger partial charge is 0.453 e. The van der Waals surface area contributed by atoms with Crippen LogP contribution < -0.4 is 21.9 Å². The molecule has 3 nitrogen and oxygen atoms in total. The third kappa shape index (κ3) is 8.73. The van der Waals surface area contributed by atoms with Crippen LogP contribution in [-0.4, -0.2) is 42.6 Å². The molecule has 0 radical (unpaired) electrons. The molecule has 0 unspecified atom stereocenters. The van der Waals surface area contributed by atoms with Crippen LogP contribution in [0.25, 0.3) is 11.0 Å². The zero-order valence-corrected chi connectivity index (χ0v) is 30.3. The Kier molecular flexibility index (Phi) is 13.4. The molecule has 0 atom stereocenters. The second kappa shape index (κ2) is 18.4. The minimum Gasteiger partial charge on any atom is -0.453 e. The molecule has 1 aromatic heterocycles. The Morgan fingerprint density at radius 1 is 0.520 bits per heavy atom. The number of rotatable bonds is 16.